The fourth-order valence-corrected chi connectivity index (χ4v) is 2.10. The molecule has 2 amide bonds. The first-order chi connectivity index (χ1) is 12.1. The lowest BCUT2D eigenvalue weighted by molar-refractivity contribution is -0.119. The predicted molar refractivity (Wildman–Crippen MR) is 90.4 cm³/mol. The molecule has 8 nitrogen and oxygen atoms in total. The van der Waals surface area contributed by atoms with E-state index in [9.17, 15) is 9.59 Å². The molecule has 0 fully saturated rings. The first-order valence-electron chi connectivity index (χ1n) is 7.39. The standard InChI is InChI=1S/C17H15N5O3/c18-16(23)9-25-15-7-1-12(2-8-15)17(24)21-13-3-5-14(6-4-13)22-11-19-10-20-22/h1-8,10-11H,9H2,(H2,18,23)(H,21,24). The zero-order chi connectivity index (χ0) is 17.6. The Morgan fingerprint density at radius 2 is 1.80 bits per heavy atom. The number of primary amides is 1. The van der Waals surface area contributed by atoms with Gasteiger partial charge in [0.05, 0.1) is 5.69 Å². The molecule has 0 unspecified atom stereocenters. The largest absolute Gasteiger partial charge is 0.484 e. The lowest BCUT2D eigenvalue weighted by Crippen LogP contribution is -2.20. The highest BCUT2D eigenvalue weighted by atomic mass is 16.5. The lowest BCUT2D eigenvalue weighted by Gasteiger charge is -2.08. The molecule has 0 atom stereocenters. The first-order valence-corrected chi connectivity index (χ1v) is 7.39. The Morgan fingerprint density at radius 1 is 1.08 bits per heavy atom. The summed E-state index contributed by atoms with van der Waals surface area (Å²) in [5.41, 5.74) is 6.97. The maximum absolute atomic E-state index is 12.3. The van der Waals surface area contributed by atoms with Gasteiger partial charge in [-0.1, -0.05) is 0 Å². The number of aromatic nitrogens is 3. The van der Waals surface area contributed by atoms with E-state index in [2.05, 4.69) is 15.4 Å². The average Bonchev–Trinajstić information content (AvgIpc) is 3.15. The van der Waals surface area contributed by atoms with Crippen molar-refractivity contribution < 1.29 is 14.3 Å². The van der Waals surface area contributed by atoms with Crippen molar-refractivity contribution in [3.8, 4) is 11.4 Å². The minimum absolute atomic E-state index is 0.205. The zero-order valence-electron chi connectivity index (χ0n) is 13.1. The van der Waals surface area contributed by atoms with Gasteiger partial charge in [0.15, 0.2) is 6.61 Å². The van der Waals surface area contributed by atoms with Crippen LogP contribution in [-0.2, 0) is 4.79 Å². The molecule has 0 radical (unpaired) electrons. The molecule has 3 rings (SSSR count). The fraction of sp³-hybridized carbons (Fsp3) is 0.0588. The summed E-state index contributed by atoms with van der Waals surface area (Å²) in [6.07, 6.45) is 3.04. The Kier molecular flexibility index (Phi) is 4.70. The average molecular weight is 337 g/mol. The van der Waals surface area contributed by atoms with Crippen molar-refractivity contribution in [2.24, 2.45) is 5.73 Å². The number of hydrogen-bond donors (Lipinski definition) is 2. The number of carbonyl (C=O) groups excluding carboxylic acids is 2. The maximum atomic E-state index is 12.3. The molecule has 0 saturated heterocycles. The van der Waals surface area contributed by atoms with Crippen molar-refractivity contribution in [1.29, 1.82) is 0 Å². The molecular weight excluding hydrogens is 322 g/mol. The number of amides is 2. The van der Waals surface area contributed by atoms with Crippen LogP contribution in [0.1, 0.15) is 10.4 Å². The molecule has 126 valence electrons. The second-order valence-electron chi connectivity index (χ2n) is 5.12. The zero-order valence-corrected chi connectivity index (χ0v) is 13.1. The summed E-state index contributed by atoms with van der Waals surface area (Å²) in [6.45, 7) is -0.205. The van der Waals surface area contributed by atoms with E-state index >= 15 is 0 Å². The van der Waals surface area contributed by atoms with Crippen LogP contribution in [0.15, 0.2) is 61.2 Å². The summed E-state index contributed by atoms with van der Waals surface area (Å²) < 4.78 is 6.77. The summed E-state index contributed by atoms with van der Waals surface area (Å²) in [5.74, 6) is -0.348. The van der Waals surface area contributed by atoms with Crippen LogP contribution in [0, 0.1) is 0 Å². The van der Waals surface area contributed by atoms with Crippen LogP contribution >= 0.6 is 0 Å². The Labute approximate surface area is 143 Å². The number of rotatable bonds is 6. The second kappa shape index (κ2) is 7.26. The number of anilines is 1. The highest BCUT2D eigenvalue weighted by molar-refractivity contribution is 6.04. The molecular formula is C17H15N5O3. The molecule has 0 aliphatic carbocycles. The molecule has 3 N–H and O–H groups in total. The molecule has 0 spiro atoms. The molecule has 3 aromatic rings. The first kappa shape index (κ1) is 16.2. The smallest absolute Gasteiger partial charge is 0.255 e. The van der Waals surface area contributed by atoms with Crippen LogP contribution in [-0.4, -0.2) is 33.2 Å². The summed E-state index contributed by atoms with van der Waals surface area (Å²) >= 11 is 0. The number of nitrogens with zero attached hydrogens (tertiary/aromatic N) is 3. The van der Waals surface area contributed by atoms with Gasteiger partial charge in [-0.25, -0.2) is 9.67 Å². The molecule has 0 aliphatic heterocycles. The molecule has 2 aromatic carbocycles. The maximum Gasteiger partial charge on any atom is 0.255 e. The molecule has 0 saturated carbocycles. The van der Waals surface area contributed by atoms with Gasteiger partial charge >= 0.3 is 0 Å². The SMILES string of the molecule is NC(=O)COc1ccc(C(=O)Nc2ccc(-n3cncn3)cc2)cc1. The van der Waals surface area contributed by atoms with Crippen LogP contribution in [0.3, 0.4) is 0 Å². The van der Waals surface area contributed by atoms with Crippen molar-refractivity contribution in [1.82, 2.24) is 14.8 Å². The highest BCUT2D eigenvalue weighted by Crippen LogP contribution is 2.16. The number of carbonyl (C=O) groups is 2. The number of ether oxygens (including phenoxy) is 1. The molecule has 25 heavy (non-hydrogen) atoms. The third-order valence-corrected chi connectivity index (χ3v) is 3.31. The second-order valence-corrected chi connectivity index (χ2v) is 5.12. The van der Waals surface area contributed by atoms with Gasteiger partial charge in [-0.05, 0) is 48.5 Å². The van der Waals surface area contributed by atoms with Gasteiger partial charge in [-0.2, -0.15) is 5.10 Å². The Balaban J connectivity index is 1.62. The van der Waals surface area contributed by atoms with Gasteiger partial charge < -0.3 is 15.8 Å². The van der Waals surface area contributed by atoms with Crippen molar-refractivity contribution in [3.05, 3.63) is 66.7 Å². The predicted octanol–water partition coefficient (Wildman–Crippen LogP) is 1.38. The highest BCUT2D eigenvalue weighted by Gasteiger charge is 2.07. The van der Waals surface area contributed by atoms with Crippen molar-refractivity contribution in [3.63, 3.8) is 0 Å². The molecule has 8 heteroatoms. The number of nitrogens with one attached hydrogen (secondary N) is 1. The van der Waals surface area contributed by atoms with Crippen LogP contribution in [0.4, 0.5) is 5.69 Å². The lowest BCUT2D eigenvalue weighted by atomic mass is 10.2. The minimum Gasteiger partial charge on any atom is -0.484 e. The number of benzene rings is 2. The van der Waals surface area contributed by atoms with Gasteiger partial charge in [0.1, 0.15) is 18.4 Å². The topological polar surface area (TPSA) is 112 Å². The van der Waals surface area contributed by atoms with Crippen LogP contribution in [0.2, 0.25) is 0 Å². The number of hydrogen-bond acceptors (Lipinski definition) is 5. The summed E-state index contributed by atoms with van der Waals surface area (Å²) in [5, 5.41) is 6.84. The van der Waals surface area contributed by atoms with Crippen LogP contribution < -0.4 is 15.8 Å². The monoisotopic (exact) mass is 337 g/mol. The van der Waals surface area contributed by atoms with E-state index in [0.29, 0.717) is 17.0 Å². The molecule has 1 aromatic heterocycles. The van der Waals surface area contributed by atoms with Gasteiger partial charge in [0.2, 0.25) is 0 Å². The molecule has 0 aliphatic rings. The van der Waals surface area contributed by atoms with Gasteiger partial charge in [-0.15, -0.1) is 0 Å². The minimum atomic E-state index is -0.559. The Morgan fingerprint density at radius 3 is 2.40 bits per heavy atom. The van der Waals surface area contributed by atoms with Gasteiger partial charge in [-0.3, -0.25) is 9.59 Å². The van der Waals surface area contributed by atoms with Crippen LogP contribution in [0.25, 0.3) is 5.69 Å². The van der Waals surface area contributed by atoms with Crippen molar-refractivity contribution in [2.75, 3.05) is 11.9 Å². The van der Waals surface area contributed by atoms with E-state index < -0.39 is 5.91 Å². The van der Waals surface area contributed by atoms with Crippen molar-refractivity contribution >= 4 is 17.5 Å². The number of nitrogens with two attached hydrogens (primary N) is 1. The van der Waals surface area contributed by atoms with Gasteiger partial charge in [0, 0.05) is 11.3 Å². The van der Waals surface area contributed by atoms with E-state index in [1.165, 1.54) is 6.33 Å². The van der Waals surface area contributed by atoms with Crippen molar-refractivity contribution in [2.45, 2.75) is 0 Å². The van der Waals surface area contributed by atoms with Crippen LogP contribution in [0.5, 0.6) is 5.75 Å². The van der Waals surface area contributed by atoms with Gasteiger partial charge in [0.25, 0.3) is 11.8 Å². The van der Waals surface area contributed by atoms with E-state index in [1.807, 2.05) is 12.1 Å². The quantitative estimate of drug-likeness (QED) is 0.706. The third kappa shape index (κ3) is 4.20. The van der Waals surface area contributed by atoms with E-state index in [4.69, 9.17) is 10.5 Å². The summed E-state index contributed by atoms with van der Waals surface area (Å²) in [7, 11) is 0. The molecule has 1 heterocycles. The normalized spacial score (nSPS) is 10.2. The molecule has 0 bridgehead atoms. The van der Waals surface area contributed by atoms with E-state index in [1.54, 1.807) is 47.4 Å². The Hall–Kier alpha value is -3.68. The summed E-state index contributed by atoms with van der Waals surface area (Å²) in [4.78, 5) is 26.8. The Bertz CT molecular complexity index is 858. The fourth-order valence-electron chi connectivity index (χ4n) is 2.10. The summed E-state index contributed by atoms with van der Waals surface area (Å²) in [6, 6.07) is 13.6. The third-order valence-electron chi connectivity index (χ3n) is 3.31. The van der Waals surface area contributed by atoms with E-state index in [-0.39, 0.29) is 12.5 Å². The van der Waals surface area contributed by atoms with E-state index in [0.717, 1.165) is 5.69 Å².